The van der Waals surface area contributed by atoms with Crippen LogP contribution >= 0.6 is 0 Å². The van der Waals surface area contributed by atoms with Crippen molar-refractivity contribution in [3.63, 3.8) is 0 Å². The minimum Gasteiger partial charge on any atom is -0.337 e. The quantitative estimate of drug-likeness (QED) is 0.855. The highest BCUT2D eigenvalue weighted by Gasteiger charge is 2.14. The molecule has 2 aromatic heterocycles. The first-order valence-electron chi connectivity index (χ1n) is 5.81. The summed E-state index contributed by atoms with van der Waals surface area (Å²) in [6, 6.07) is 3.55. The molecule has 5 nitrogen and oxygen atoms in total. The van der Waals surface area contributed by atoms with Crippen molar-refractivity contribution in [3.05, 3.63) is 30.4 Å². The number of nitrogens with zero attached hydrogens (tertiary/aromatic N) is 3. The summed E-state index contributed by atoms with van der Waals surface area (Å²) in [5, 5.41) is 3.91. The number of rotatable bonds is 5. The van der Waals surface area contributed by atoms with Gasteiger partial charge in [-0.05, 0) is 18.6 Å². The van der Waals surface area contributed by atoms with Crippen LogP contribution in [0.25, 0.3) is 11.4 Å². The fraction of sp³-hybridized carbons (Fsp3) is 0.417. The summed E-state index contributed by atoms with van der Waals surface area (Å²) in [7, 11) is 0. The molecule has 0 bridgehead atoms. The first-order chi connectivity index (χ1) is 8.31. The summed E-state index contributed by atoms with van der Waals surface area (Å²) in [5.74, 6) is 1.04. The predicted octanol–water partition coefficient (Wildman–Crippen LogP) is 2.32. The van der Waals surface area contributed by atoms with Crippen LogP contribution in [0, 0.1) is 0 Å². The second-order valence-electron chi connectivity index (χ2n) is 3.95. The van der Waals surface area contributed by atoms with E-state index in [1.807, 2.05) is 12.1 Å². The maximum absolute atomic E-state index is 5.96. The van der Waals surface area contributed by atoms with Gasteiger partial charge in [0.2, 0.25) is 11.7 Å². The van der Waals surface area contributed by atoms with E-state index in [4.69, 9.17) is 10.3 Å². The summed E-state index contributed by atoms with van der Waals surface area (Å²) < 4.78 is 5.16. The molecule has 17 heavy (non-hydrogen) atoms. The molecule has 0 aliphatic rings. The Morgan fingerprint density at radius 2 is 2.35 bits per heavy atom. The zero-order chi connectivity index (χ0) is 12.1. The molecule has 0 saturated heterocycles. The second-order valence-corrected chi connectivity index (χ2v) is 3.95. The molecule has 0 saturated carbocycles. The Kier molecular flexibility index (Phi) is 3.82. The predicted molar refractivity (Wildman–Crippen MR) is 64.0 cm³/mol. The lowest BCUT2D eigenvalue weighted by molar-refractivity contribution is 0.346. The molecule has 2 rings (SSSR count). The van der Waals surface area contributed by atoms with Crippen molar-refractivity contribution < 1.29 is 4.52 Å². The summed E-state index contributed by atoms with van der Waals surface area (Å²) in [5.41, 5.74) is 6.80. The summed E-state index contributed by atoms with van der Waals surface area (Å²) >= 11 is 0. The standard InChI is InChI=1S/C12H16N4O/c1-2-3-6-10(13)12-15-11(16-17-12)9-5-4-7-14-8-9/h4-5,7-8,10H,2-3,6,13H2,1H3. The topological polar surface area (TPSA) is 77.8 Å². The monoisotopic (exact) mass is 232 g/mol. The maximum Gasteiger partial charge on any atom is 0.243 e. The molecule has 0 radical (unpaired) electrons. The molecule has 2 aromatic rings. The molecule has 0 spiro atoms. The number of hydrogen-bond acceptors (Lipinski definition) is 5. The average molecular weight is 232 g/mol. The van der Waals surface area contributed by atoms with Gasteiger partial charge in [0.25, 0.3) is 0 Å². The highest BCUT2D eigenvalue weighted by molar-refractivity contribution is 5.51. The largest absolute Gasteiger partial charge is 0.337 e. The Morgan fingerprint density at radius 3 is 3.06 bits per heavy atom. The van der Waals surface area contributed by atoms with E-state index in [9.17, 15) is 0 Å². The average Bonchev–Trinajstić information content (AvgIpc) is 2.86. The summed E-state index contributed by atoms with van der Waals surface area (Å²) in [6.45, 7) is 2.13. The molecule has 1 atom stereocenters. The van der Waals surface area contributed by atoms with Gasteiger partial charge in [0.1, 0.15) is 0 Å². The van der Waals surface area contributed by atoms with E-state index in [1.54, 1.807) is 12.4 Å². The minimum absolute atomic E-state index is 0.173. The lowest BCUT2D eigenvalue weighted by Crippen LogP contribution is -2.10. The highest BCUT2D eigenvalue weighted by atomic mass is 16.5. The number of unbranched alkanes of at least 4 members (excludes halogenated alkanes) is 1. The smallest absolute Gasteiger partial charge is 0.243 e. The summed E-state index contributed by atoms with van der Waals surface area (Å²) in [4.78, 5) is 8.30. The van der Waals surface area contributed by atoms with Crippen molar-refractivity contribution in [1.29, 1.82) is 0 Å². The first kappa shape index (κ1) is 11.7. The molecule has 0 aromatic carbocycles. The molecule has 90 valence electrons. The molecule has 5 heteroatoms. The van der Waals surface area contributed by atoms with Gasteiger partial charge in [-0.15, -0.1) is 0 Å². The highest BCUT2D eigenvalue weighted by Crippen LogP contribution is 2.19. The van der Waals surface area contributed by atoms with Crippen LogP contribution in [-0.2, 0) is 0 Å². The third-order valence-corrected chi connectivity index (χ3v) is 2.55. The van der Waals surface area contributed by atoms with Crippen molar-refractivity contribution in [3.8, 4) is 11.4 Å². The maximum atomic E-state index is 5.96. The van der Waals surface area contributed by atoms with Crippen LogP contribution in [0.5, 0.6) is 0 Å². The van der Waals surface area contributed by atoms with Gasteiger partial charge >= 0.3 is 0 Å². The van der Waals surface area contributed by atoms with Crippen molar-refractivity contribution in [2.24, 2.45) is 5.73 Å². The van der Waals surface area contributed by atoms with E-state index in [2.05, 4.69) is 22.0 Å². The third-order valence-electron chi connectivity index (χ3n) is 2.55. The molecule has 0 amide bonds. The van der Waals surface area contributed by atoms with E-state index in [0.717, 1.165) is 24.8 Å². The Balaban J connectivity index is 2.11. The zero-order valence-corrected chi connectivity index (χ0v) is 9.84. The molecular formula is C12H16N4O. The van der Waals surface area contributed by atoms with Gasteiger partial charge in [0.15, 0.2) is 0 Å². The van der Waals surface area contributed by atoms with E-state index in [1.165, 1.54) is 0 Å². The Hall–Kier alpha value is -1.75. The molecule has 0 aliphatic heterocycles. The Morgan fingerprint density at radius 1 is 1.47 bits per heavy atom. The number of aromatic nitrogens is 3. The normalized spacial score (nSPS) is 12.6. The lowest BCUT2D eigenvalue weighted by atomic mass is 10.1. The van der Waals surface area contributed by atoms with Gasteiger partial charge in [-0.25, -0.2) is 0 Å². The zero-order valence-electron chi connectivity index (χ0n) is 9.84. The first-order valence-corrected chi connectivity index (χ1v) is 5.81. The van der Waals surface area contributed by atoms with Crippen LogP contribution in [0.3, 0.4) is 0 Å². The van der Waals surface area contributed by atoms with Crippen LogP contribution in [0.2, 0.25) is 0 Å². The van der Waals surface area contributed by atoms with E-state index >= 15 is 0 Å². The van der Waals surface area contributed by atoms with E-state index < -0.39 is 0 Å². The number of hydrogen-bond donors (Lipinski definition) is 1. The van der Waals surface area contributed by atoms with Crippen LogP contribution in [0.1, 0.15) is 38.1 Å². The van der Waals surface area contributed by atoms with Crippen LogP contribution in [0.4, 0.5) is 0 Å². The van der Waals surface area contributed by atoms with Gasteiger partial charge in [-0.2, -0.15) is 4.98 Å². The lowest BCUT2D eigenvalue weighted by Gasteiger charge is -2.03. The Bertz CT molecular complexity index is 455. The van der Waals surface area contributed by atoms with Gasteiger partial charge in [-0.3, -0.25) is 4.98 Å². The SMILES string of the molecule is CCCCC(N)c1nc(-c2cccnc2)no1. The second kappa shape index (κ2) is 5.54. The van der Waals surface area contributed by atoms with Crippen molar-refractivity contribution in [2.75, 3.05) is 0 Å². The van der Waals surface area contributed by atoms with E-state index in [0.29, 0.717) is 11.7 Å². The van der Waals surface area contributed by atoms with Crippen molar-refractivity contribution in [1.82, 2.24) is 15.1 Å². The van der Waals surface area contributed by atoms with Crippen molar-refractivity contribution >= 4 is 0 Å². The van der Waals surface area contributed by atoms with Crippen LogP contribution < -0.4 is 5.73 Å². The van der Waals surface area contributed by atoms with Gasteiger partial charge in [-0.1, -0.05) is 24.9 Å². The molecule has 2 heterocycles. The summed E-state index contributed by atoms with van der Waals surface area (Å²) in [6.07, 6.45) is 6.44. The fourth-order valence-corrected chi connectivity index (χ4v) is 1.55. The molecule has 0 fully saturated rings. The third kappa shape index (κ3) is 2.88. The van der Waals surface area contributed by atoms with Crippen molar-refractivity contribution in [2.45, 2.75) is 32.2 Å². The minimum atomic E-state index is -0.173. The van der Waals surface area contributed by atoms with Gasteiger partial charge < -0.3 is 10.3 Å². The van der Waals surface area contributed by atoms with E-state index in [-0.39, 0.29) is 6.04 Å². The molecule has 2 N–H and O–H groups in total. The Labute approximate surface area is 100 Å². The molecule has 1 unspecified atom stereocenters. The number of nitrogens with two attached hydrogens (primary N) is 1. The molecule has 0 aliphatic carbocycles. The van der Waals surface area contributed by atoms with Crippen LogP contribution in [-0.4, -0.2) is 15.1 Å². The fourth-order valence-electron chi connectivity index (χ4n) is 1.55. The van der Waals surface area contributed by atoms with Gasteiger partial charge in [0.05, 0.1) is 6.04 Å². The molecular weight excluding hydrogens is 216 g/mol. The van der Waals surface area contributed by atoms with Crippen LogP contribution in [0.15, 0.2) is 29.0 Å². The van der Waals surface area contributed by atoms with Gasteiger partial charge in [0, 0.05) is 18.0 Å². The number of pyridine rings is 1.